The fourth-order valence-corrected chi connectivity index (χ4v) is 3.79. The second-order valence-electron chi connectivity index (χ2n) is 8.18. The van der Waals surface area contributed by atoms with E-state index in [1.807, 2.05) is 0 Å². The number of ether oxygens (including phenoxy) is 2. The molecule has 3 atom stereocenters. The number of carbonyl (C=O) groups is 1. The summed E-state index contributed by atoms with van der Waals surface area (Å²) in [7, 11) is 0. The minimum Gasteiger partial charge on any atom is -0.443 e. The van der Waals surface area contributed by atoms with Crippen LogP contribution in [-0.4, -0.2) is 55.6 Å². The van der Waals surface area contributed by atoms with Crippen molar-refractivity contribution in [2.75, 3.05) is 5.32 Å². The lowest BCUT2D eigenvalue weighted by Crippen LogP contribution is -2.36. The van der Waals surface area contributed by atoms with Crippen LogP contribution in [0.3, 0.4) is 0 Å². The average molecular weight is 485 g/mol. The zero-order valence-electron chi connectivity index (χ0n) is 18.3. The minimum atomic E-state index is -4.77. The van der Waals surface area contributed by atoms with Gasteiger partial charge in [0.15, 0.2) is 11.6 Å². The lowest BCUT2D eigenvalue weighted by atomic mass is 10.0. The first-order chi connectivity index (χ1) is 16.1. The fourth-order valence-electron chi connectivity index (χ4n) is 3.79. The van der Waals surface area contributed by atoms with Gasteiger partial charge in [-0.25, -0.2) is 18.7 Å². The molecule has 34 heavy (non-hydrogen) atoms. The maximum Gasteiger partial charge on any atom is 0.522 e. The molecule has 0 unspecified atom stereocenters. The van der Waals surface area contributed by atoms with Crippen molar-refractivity contribution in [3.63, 3.8) is 0 Å². The van der Waals surface area contributed by atoms with E-state index < -0.39 is 37.3 Å². The summed E-state index contributed by atoms with van der Waals surface area (Å²) in [6, 6.07) is 2.90. The van der Waals surface area contributed by atoms with Gasteiger partial charge in [0, 0.05) is 36.1 Å². The summed E-state index contributed by atoms with van der Waals surface area (Å²) in [5, 5.41) is 16.5. The van der Waals surface area contributed by atoms with E-state index in [-0.39, 0.29) is 11.7 Å². The predicted molar refractivity (Wildman–Crippen MR) is 111 cm³/mol. The largest absolute Gasteiger partial charge is 0.522 e. The molecular formula is C20H23F4N7O3. The van der Waals surface area contributed by atoms with E-state index in [1.54, 1.807) is 19.9 Å². The van der Waals surface area contributed by atoms with Crippen molar-refractivity contribution in [3.8, 4) is 0 Å². The number of amides is 1. The molecule has 3 aromatic heterocycles. The van der Waals surface area contributed by atoms with E-state index in [0.29, 0.717) is 35.7 Å². The van der Waals surface area contributed by atoms with Gasteiger partial charge in [0.2, 0.25) is 0 Å². The van der Waals surface area contributed by atoms with Crippen LogP contribution in [0, 0.1) is 0 Å². The Morgan fingerprint density at radius 1 is 1.32 bits per heavy atom. The second-order valence-corrected chi connectivity index (χ2v) is 8.18. The number of aromatic nitrogens is 5. The number of carbonyl (C=O) groups excluding carboxylic acids is 1. The topological polar surface area (TPSA) is 118 Å². The Morgan fingerprint density at radius 2 is 2.12 bits per heavy atom. The summed E-state index contributed by atoms with van der Waals surface area (Å²) in [5.41, 5.74) is 0.988. The molecule has 3 N–H and O–H groups in total. The summed E-state index contributed by atoms with van der Waals surface area (Å²) in [4.78, 5) is 16.0. The molecule has 1 fully saturated rings. The fraction of sp³-hybridized carbons (Fsp3) is 0.500. The Balaban J connectivity index is 1.43. The summed E-state index contributed by atoms with van der Waals surface area (Å²) < 4.78 is 62.3. The van der Waals surface area contributed by atoms with Crippen LogP contribution in [0.4, 0.5) is 34.0 Å². The number of alkyl carbamates (subject to hydrolysis) is 1. The standard InChI is InChI=1S/C20H23F4N7O3/c1-10(2)26-19(32)34-15-4-3-12(17(15)21)13-8-16(29-28-13)27-18-14-7-11(9-33-20(22,23)24)30-31(14)6-5-25-18/h5-8,10,12,15,17H,3-4,9H2,1-2H3,(H,26,32)(H2,25,27,28,29)/t12-,15-,17-/m1/s1. The van der Waals surface area contributed by atoms with Crippen molar-refractivity contribution in [1.29, 1.82) is 0 Å². The molecule has 1 saturated carbocycles. The van der Waals surface area contributed by atoms with Gasteiger partial charge in [-0.05, 0) is 32.8 Å². The Bertz CT molecular complexity index is 1150. The number of aromatic amines is 1. The predicted octanol–water partition coefficient (Wildman–Crippen LogP) is 3.95. The van der Waals surface area contributed by atoms with Gasteiger partial charge < -0.3 is 15.4 Å². The van der Waals surface area contributed by atoms with E-state index in [1.165, 1.54) is 23.0 Å². The quantitative estimate of drug-likeness (QED) is 0.434. The average Bonchev–Trinajstić information content (AvgIpc) is 3.45. The van der Waals surface area contributed by atoms with Crippen LogP contribution in [0.2, 0.25) is 0 Å². The van der Waals surface area contributed by atoms with Gasteiger partial charge in [-0.15, -0.1) is 13.2 Å². The Hall–Kier alpha value is -3.42. The van der Waals surface area contributed by atoms with Crippen molar-refractivity contribution < 1.29 is 31.8 Å². The van der Waals surface area contributed by atoms with Crippen LogP contribution in [-0.2, 0) is 16.1 Å². The van der Waals surface area contributed by atoms with Gasteiger partial charge in [0.05, 0.1) is 5.69 Å². The van der Waals surface area contributed by atoms with Crippen molar-refractivity contribution >= 4 is 23.2 Å². The number of halogens is 4. The number of alkyl halides is 4. The Kier molecular flexibility index (Phi) is 6.59. The van der Waals surface area contributed by atoms with Gasteiger partial charge >= 0.3 is 12.5 Å². The SMILES string of the molecule is CC(C)NC(=O)O[C@@H]1CC[C@H](c2cc(Nc3nccn4nc(COC(F)(F)F)cc34)n[nH]2)[C@H]1F. The third-order valence-electron chi connectivity index (χ3n) is 5.23. The number of hydrogen-bond donors (Lipinski definition) is 3. The highest BCUT2D eigenvalue weighted by Gasteiger charge is 2.41. The molecule has 0 aromatic carbocycles. The van der Waals surface area contributed by atoms with Crippen molar-refractivity contribution in [2.24, 2.45) is 0 Å². The van der Waals surface area contributed by atoms with Crippen LogP contribution in [0.15, 0.2) is 24.5 Å². The molecule has 3 heterocycles. The molecule has 3 aromatic rings. The molecular weight excluding hydrogens is 462 g/mol. The second kappa shape index (κ2) is 9.44. The smallest absolute Gasteiger partial charge is 0.443 e. The van der Waals surface area contributed by atoms with E-state index in [0.717, 1.165) is 0 Å². The highest BCUT2D eigenvalue weighted by molar-refractivity contribution is 5.72. The molecule has 1 aliphatic rings. The Labute approximate surface area is 191 Å². The molecule has 14 heteroatoms. The minimum absolute atomic E-state index is 0.0647. The molecule has 184 valence electrons. The maximum atomic E-state index is 15.0. The van der Waals surface area contributed by atoms with Gasteiger partial charge in [-0.3, -0.25) is 9.84 Å². The number of nitrogens with one attached hydrogen (secondary N) is 3. The number of rotatable bonds is 7. The van der Waals surface area contributed by atoms with E-state index in [4.69, 9.17) is 4.74 Å². The van der Waals surface area contributed by atoms with Crippen molar-refractivity contribution in [3.05, 3.63) is 35.9 Å². The van der Waals surface area contributed by atoms with E-state index >= 15 is 0 Å². The number of anilines is 2. The first kappa shape index (κ1) is 23.7. The normalized spacial score (nSPS) is 20.7. The van der Waals surface area contributed by atoms with Crippen LogP contribution >= 0.6 is 0 Å². The van der Waals surface area contributed by atoms with Gasteiger partial charge in [0.25, 0.3) is 0 Å². The summed E-state index contributed by atoms with van der Waals surface area (Å²) in [6.45, 7) is 2.82. The molecule has 4 rings (SSSR count). The molecule has 0 spiro atoms. The highest BCUT2D eigenvalue weighted by Crippen LogP contribution is 2.38. The molecule has 10 nitrogen and oxygen atoms in total. The molecule has 1 aliphatic carbocycles. The van der Waals surface area contributed by atoms with Gasteiger partial charge in [-0.2, -0.15) is 10.2 Å². The summed E-state index contributed by atoms with van der Waals surface area (Å²) >= 11 is 0. The highest BCUT2D eigenvalue weighted by atomic mass is 19.4. The number of nitrogens with zero attached hydrogens (tertiary/aromatic N) is 4. The molecule has 0 saturated heterocycles. The zero-order chi connectivity index (χ0) is 24.5. The van der Waals surface area contributed by atoms with Crippen molar-refractivity contribution in [2.45, 2.75) is 63.9 Å². The molecule has 0 bridgehead atoms. The molecule has 0 aliphatic heterocycles. The van der Waals surface area contributed by atoms with Crippen LogP contribution < -0.4 is 10.6 Å². The monoisotopic (exact) mass is 485 g/mol. The summed E-state index contributed by atoms with van der Waals surface area (Å²) in [6.07, 6.45) is -3.95. The van der Waals surface area contributed by atoms with Gasteiger partial charge in [-0.1, -0.05) is 0 Å². The van der Waals surface area contributed by atoms with Crippen LogP contribution in [0.25, 0.3) is 5.52 Å². The zero-order valence-corrected chi connectivity index (χ0v) is 18.3. The van der Waals surface area contributed by atoms with Crippen LogP contribution in [0.5, 0.6) is 0 Å². The number of hydrogen-bond acceptors (Lipinski definition) is 7. The summed E-state index contributed by atoms with van der Waals surface area (Å²) in [5.74, 6) is 0.0878. The maximum absolute atomic E-state index is 15.0. The number of fused-ring (bicyclic) bond motifs is 1. The lowest BCUT2D eigenvalue weighted by molar-refractivity contribution is -0.330. The Morgan fingerprint density at radius 3 is 2.85 bits per heavy atom. The van der Waals surface area contributed by atoms with Gasteiger partial charge in [0.1, 0.15) is 24.4 Å². The molecule has 0 radical (unpaired) electrons. The third kappa shape index (κ3) is 5.55. The van der Waals surface area contributed by atoms with E-state index in [9.17, 15) is 22.4 Å². The first-order valence-corrected chi connectivity index (χ1v) is 10.6. The first-order valence-electron chi connectivity index (χ1n) is 10.6. The molecule has 1 amide bonds. The lowest BCUT2D eigenvalue weighted by Gasteiger charge is -2.18. The van der Waals surface area contributed by atoms with Crippen molar-refractivity contribution in [1.82, 2.24) is 30.1 Å². The third-order valence-corrected chi connectivity index (χ3v) is 5.23. The van der Waals surface area contributed by atoms with E-state index in [2.05, 4.69) is 35.7 Å². The van der Waals surface area contributed by atoms with Crippen LogP contribution in [0.1, 0.15) is 44.0 Å². The number of H-pyrrole nitrogens is 1.